The number of anilines is 2. The number of hydrogen-bond donors (Lipinski definition) is 2. The molecule has 0 spiro atoms. The van der Waals surface area contributed by atoms with Crippen molar-refractivity contribution in [2.45, 2.75) is 57.7 Å². The second kappa shape index (κ2) is 13.1. The number of likely N-dealkylation sites (tertiary alicyclic amines) is 1. The molecule has 5 rings (SSSR count). The summed E-state index contributed by atoms with van der Waals surface area (Å²) in [5.41, 5.74) is 5.54. The maximum atomic E-state index is 13.3. The molecule has 3 amide bonds. The number of alkyl carbamates (subject to hydrolysis) is 1. The van der Waals surface area contributed by atoms with Gasteiger partial charge in [0.05, 0.1) is 13.2 Å². The summed E-state index contributed by atoms with van der Waals surface area (Å²) in [6.45, 7) is 5.19. The fourth-order valence-electron chi connectivity index (χ4n) is 6.09. The van der Waals surface area contributed by atoms with Crippen LogP contribution >= 0.6 is 0 Å². The molecule has 0 unspecified atom stereocenters. The van der Waals surface area contributed by atoms with E-state index in [0.717, 1.165) is 25.8 Å². The van der Waals surface area contributed by atoms with E-state index >= 15 is 0 Å². The second-order valence-corrected chi connectivity index (χ2v) is 11.4. The Morgan fingerprint density at radius 3 is 2.17 bits per heavy atom. The molecule has 0 bridgehead atoms. The molecule has 3 aromatic carbocycles. The summed E-state index contributed by atoms with van der Waals surface area (Å²) in [6.07, 6.45) is 2.85. The van der Waals surface area contributed by atoms with Gasteiger partial charge in [0.25, 0.3) is 0 Å². The number of nitrogens with zero attached hydrogens (tertiary/aromatic N) is 2. The van der Waals surface area contributed by atoms with Gasteiger partial charge < -0.3 is 25.2 Å². The zero-order chi connectivity index (χ0) is 29.6. The molecule has 2 heterocycles. The molecule has 2 N–H and O–H groups in total. The third-order valence-corrected chi connectivity index (χ3v) is 8.35. The predicted molar refractivity (Wildman–Crippen MR) is 165 cm³/mol. The number of carbonyl (C=O) groups excluding carboxylic acids is 3. The minimum absolute atomic E-state index is 0.148. The fraction of sp³-hybridized carbons (Fsp3) is 0.382. The van der Waals surface area contributed by atoms with Gasteiger partial charge in [-0.05, 0) is 72.6 Å². The molecule has 0 aliphatic carbocycles. The number of hydrogen-bond acceptors (Lipinski definition) is 5. The summed E-state index contributed by atoms with van der Waals surface area (Å²) in [4.78, 5) is 42.4. The highest BCUT2D eigenvalue weighted by atomic mass is 16.5. The van der Waals surface area contributed by atoms with E-state index in [-0.39, 0.29) is 23.8 Å². The van der Waals surface area contributed by atoms with Gasteiger partial charge in [0.2, 0.25) is 11.8 Å². The zero-order valence-corrected chi connectivity index (χ0v) is 24.6. The molecule has 220 valence electrons. The van der Waals surface area contributed by atoms with E-state index in [4.69, 9.17) is 4.74 Å². The monoisotopic (exact) mass is 568 g/mol. The van der Waals surface area contributed by atoms with Crippen LogP contribution in [0.25, 0.3) is 11.1 Å². The summed E-state index contributed by atoms with van der Waals surface area (Å²) in [7, 11) is 1.27. The van der Waals surface area contributed by atoms with Crippen LogP contribution in [0.4, 0.5) is 16.2 Å². The summed E-state index contributed by atoms with van der Waals surface area (Å²) >= 11 is 0. The third-order valence-electron chi connectivity index (χ3n) is 8.35. The summed E-state index contributed by atoms with van der Waals surface area (Å²) in [5.74, 6) is -0.623. The molecule has 2 aliphatic heterocycles. The molecule has 2 saturated heterocycles. The van der Waals surface area contributed by atoms with Crippen LogP contribution < -0.4 is 15.5 Å². The van der Waals surface area contributed by atoms with Crippen molar-refractivity contribution in [2.75, 3.05) is 30.4 Å². The lowest BCUT2D eigenvalue weighted by atomic mass is 10.0. The van der Waals surface area contributed by atoms with Gasteiger partial charge in [0, 0.05) is 24.5 Å². The number of benzene rings is 3. The van der Waals surface area contributed by atoms with Crippen LogP contribution in [0.5, 0.6) is 0 Å². The largest absolute Gasteiger partial charge is 0.453 e. The van der Waals surface area contributed by atoms with Crippen molar-refractivity contribution in [3.63, 3.8) is 0 Å². The van der Waals surface area contributed by atoms with Crippen molar-refractivity contribution in [1.82, 2.24) is 10.2 Å². The lowest BCUT2D eigenvalue weighted by molar-refractivity contribution is -0.139. The van der Waals surface area contributed by atoms with Gasteiger partial charge in [-0.2, -0.15) is 0 Å². The maximum Gasteiger partial charge on any atom is 0.407 e. The average molecular weight is 569 g/mol. The number of ether oxygens (including phenoxy) is 1. The van der Waals surface area contributed by atoms with Crippen molar-refractivity contribution in [3.05, 3.63) is 84.4 Å². The molecule has 8 nitrogen and oxygen atoms in total. The Balaban J connectivity index is 1.23. The zero-order valence-electron chi connectivity index (χ0n) is 24.6. The van der Waals surface area contributed by atoms with Gasteiger partial charge in [0.15, 0.2) is 0 Å². The molecule has 3 atom stereocenters. The standard InChI is InChI=1S/C34H40N4O4/c1-23(2)31(36-34(41)42-3)33(40)38-22-8-12-30(38)32(39)35-27-17-13-26(14-18-27)29-11-7-21-37(29)28-19-15-25(16-20-28)24-9-5-4-6-10-24/h4-6,9-10,13-20,23,29-31H,7-8,11-12,21-22H2,1-3H3,(H,35,39)(H,36,41)/t29-,30-,31-/m0/s1. The smallest absolute Gasteiger partial charge is 0.407 e. The Kier molecular flexibility index (Phi) is 9.10. The molecular weight excluding hydrogens is 528 g/mol. The highest BCUT2D eigenvalue weighted by molar-refractivity contribution is 5.98. The first-order valence-corrected chi connectivity index (χ1v) is 14.8. The van der Waals surface area contributed by atoms with Crippen LogP contribution in [0, 0.1) is 5.92 Å². The van der Waals surface area contributed by atoms with Crippen molar-refractivity contribution in [1.29, 1.82) is 0 Å². The average Bonchev–Trinajstić information content (AvgIpc) is 3.71. The van der Waals surface area contributed by atoms with E-state index in [1.54, 1.807) is 4.90 Å². The van der Waals surface area contributed by atoms with Crippen molar-refractivity contribution >= 4 is 29.3 Å². The molecule has 2 fully saturated rings. The number of methoxy groups -OCH3 is 1. The van der Waals surface area contributed by atoms with Gasteiger partial charge in [-0.15, -0.1) is 0 Å². The molecule has 42 heavy (non-hydrogen) atoms. The SMILES string of the molecule is COC(=O)N[C@H](C(=O)N1CCC[C@H]1C(=O)Nc1ccc([C@@H]2CCCN2c2ccc(-c3ccccc3)cc2)cc1)C(C)C. The molecule has 0 aromatic heterocycles. The van der Waals surface area contributed by atoms with Crippen LogP contribution in [0.3, 0.4) is 0 Å². The molecule has 0 saturated carbocycles. The predicted octanol–water partition coefficient (Wildman–Crippen LogP) is 6.01. The first kappa shape index (κ1) is 29.2. The van der Waals surface area contributed by atoms with Crippen LogP contribution in [-0.4, -0.2) is 55.1 Å². The quantitative estimate of drug-likeness (QED) is 0.348. The molecule has 0 radical (unpaired) electrons. The van der Waals surface area contributed by atoms with Gasteiger partial charge in [0.1, 0.15) is 12.1 Å². The lowest BCUT2D eigenvalue weighted by Crippen LogP contribution is -2.54. The van der Waals surface area contributed by atoms with Gasteiger partial charge >= 0.3 is 6.09 Å². The normalized spacial score (nSPS) is 19.0. The third kappa shape index (κ3) is 6.43. The molecule has 2 aliphatic rings. The molecule has 8 heteroatoms. The van der Waals surface area contributed by atoms with E-state index in [9.17, 15) is 14.4 Å². The highest BCUT2D eigenvalue weighted by Crippen LogP contribution is 2.37. The Labute approximate surface area is 248 Å². The first-order chi connectivity index (χ1) is 20.4. The van der Waals surface area contributed by atoms with Crippen molar-refractivity contribution in [2.24, 2.45) is 5.92 Å². The summed E-state index contributed by atoms with van der Waals surface area (Å²) in [5, 5.41) is 5.64. The summed E-state index contributed by atoms with van der Waals surface area (Å²) in [6, 6.07) is 26.2. The summed E-state index contributed by atoms with van der Waals surface area (Å²) < 4.78 is 4.69. The molecular formula is C34H40N4O4. The van der Waals surface area contributed by atoms with Crippen LogP contribution in [0.1, 0.15) is 51.1 Å². The Hall–Kier alpha value is -4.33. The first-order valence-electron chi connectivity index (χ1n) is 14.8. The Bertz CT molecular complexity index is 1370. The van der Waals surface area contributed by atoms with E-state index in [2.05, 4.69) is 76.2 Å². The minimum Gasteiger partial charge on any atom is -0.453 e. The van der Waals surface area contributed by atoms with E-state index in [1.165, 1.54) is 29.5 Å². The van der Waals surface area contributed by atoms with E-state index < -0.39 is 18.2 Å². The second-order valence-electron chi connectivity index (χ2n) is 11.4. The minimum atomic E-state index is -0.756. The van der Waals surface area contributed by atoms with Gasteiger partial charge in [-0.1, -0.05) is 68.4 Å². The number of amides is 3. The van der Waals surface area contributed by atoms with Gasteiger partial charge in [-0.3, -0.25) is 9.59 Å². The Morgan fingerprint density at radius 2 is 1.50 bits per heavy atom. The number of nitrogens with one attached hydrogen (secondary N) is 2. The highest BCUT2D eigenvalue weighted by Gasteiger charge is 2.39. The van der Waals surface area contributed by atoms with Crippen LogP contribution in [-0.2, 0) is 14.3 Å². The lowest BCUT2D eigenvalue weighted by Gasteiger charge is -2.30. The van der Waals surface area contributed by atoms with E-state index in [0.29, 0.717) is 18.7 Å². The maximum absolute atomic E-state index is 13.3. The fourth-order valence-corrected chi connectivity index (χ4v) is 6.09. The van der Waals surface area contributed by atoms with Crippen molar-refractivity contribution < 1.29 is 19.1 Å². The number of rotatable bonds is 8. The Morgan fingerprint density at radius 1 is 0.833 bits per heavy atom. The topological polar surface area (TPSA) is 91.0 Å². The van der Waals surface area contributed by atoms with E-state index in [1.807, 2.05) is 32.0 Å². The van der Waals surface area contributed by atoms with Crippen molar-refractivity contribution in [3.8, 4) is 11.1 Å². The van der Waals surface area contributed by atoms with Crippen LogP contribution in [0.2, 0.25) is 0 Å². The molecule has 3 aromatic rings. The van der Waals surface area contributed by atoms with Gasteiger partial charge in [-0.25, -0.2) is 4.79 Å². The number of carbonyl (C=O) groups is 3. The van der Waals surface area contributed by atoms with Crippen LogP contribution in [0.15, 0.2) is 78.9 Å².